The molecule has 4 nitrogen and oxygen atoms in total. The number of fused-ring (bicyclic) bond motifs is 3. The molecule has 2 heterocycles. The van der Waals surface area contributed by atoms with Gasteiger partial charge < -0.3 is 14.6 Å². The molecular formula is C18H14BrFN2O2. The average molecular weight is 389 g/mol. The minimum atomic E-state index is -0.424. The summed E-state index contributed by atoms with van der Waals surface area (Å²) >= 11 is 3.50. The number of ether oxygens (including phenoxy) is 1. The van der Waals surface area contributed by atoms with Gasteiger partial charge in [-0.15, -0.1) is 0 Å². The zero-order chi connectivity index (χ0) is 16.7. The summed E-state index contributed by atoms with van der Waals surface area (Å²) in [6.45, 7) is 1.06. The van der Waals surface area contributed by atoms with Gasteiger partial charge in [-0.25, -0.2) is 9.18 Å². The van der Waals surface area contributed by atoms with Crippen LogP contribution in [0.1, 0.15) is 11.3 Å². The van der Waals surface area contributed by atoms with E-state index in [0.29, 0.717) is 18.8 Å². The molecule has 2 aromatic carbocycles. The van der Waals surface area contributed by atoms with Crippen molar-refractivity contribution in [2.45, 2.75) is 13.0 Å². The monoisotopic (exact) mass is 388 g/mol. The highest BCUT2D eigenvalue weighted by Gasteiger charge is 2.25. The Morgan fingerprint density at radius 1 is 1.21 bits per heavy atom. The number of carbonyl (C=O) groups is 1. The van der Waals surface area contributed by atoms with E-state index in [9.17, 15) is 9.18 Å². The second-order valence-corrected chi connectivity index (χ2v) is 6.68. The topological polar surface area (TPSA) is 45.3 Å². The normalized spacial score (nSPS) is 13.8. The van der Waals surface area contributed by atoms with E-state index in [1.807, 2.05) is 12.1 Å². The van der Waals surface area contributed by atoms with Gasteiger partial charge in [0.15, 0.2) is 0 Å². The molecule has 4 rings (SSSR count). The quantitative estimate of drug-likeness (QED) is 0.660. The van der Waals surface area contributed by atoms with E-state index in [0.717, 1.165) is 22.1 Å². The Labute approximate surface area is 146 Å². The first kappa shape index (κ1) is 15.2. The Bertz CT molecular complexity index is 921. The smallest absolute Gasteiger partial charge is 0.410 e. The van der Waals surface area contributed by atoms with E-state index in [2.05, 4.69) is 27.0 Å². The Morgan fingerprint density at radius 2 is 2.00 bits per heavy atom. The summed E-state index contributed by atoms with van der Waals surface area (Å²) in [5.41, 5.74) is 3.35. The third-order valence-corrected chi connectivity index (χ3v) is 4.71. The first-order chi connectivity index (χ1) is 11.6. The highest BCUT2D eigenvalue weighted by Crippen LogP contribution is 2.30. The molecule has 0 unspecified atom stereocenters. The van der Waals surface area contributed by atoms with E-state index in [1.165, 1.54) is 35.2 Å². The lowest BCUT2D eigenvalue weighted by atomic mass is 10.0. The number of carbonyl (C=O) groups excluding carboxylic acids is 1. The van der Waals surface area contributed by atoms with Crippen LogP contribution >= 0.6 is 15.9 Å². The van der Waals surface area contributed by atoms with Gasteiger partial charge in [-0.05, 0) is 54.4 Å². The van der Waals surface area contributed by atoms with Crippen molar-refractivity contribution in [3.05, 3.63) is 64.0 Å². The van der Waals surface area contributed by atoms with Gasteiger partial charge in [-0.3, -0.25) is 0 Å². The summed E-state index contributed by atoms with van der Waals surface area (Å²) in [6, 6.07) is 11.5. The highest BCUT2D eigenvalue weighted by atomic mass is 79.9. The number of nitrogens with one attached hydrogen (secondary N) is 1. The lowest BCUT2D eigenvalue weighted by molar-refractivity contribution is 0.146. The molecule has 122 valence electrons. The maximum absolute atomic E-state index is 12.9. The van der Waals surface area contributed by atoms with Crippen LogP contribution in [0.3, 0.4) is 0 Å². The minimum absolute atomic E-state index is 0.341. The number of amides is 1. The lowest BCUT2D eigenvalue weighted by Gasteiger charge is -2.26. The third-order valence-electron chi connectivity index (χ3n) is 4.21. The molecule has 6 heteroatoms. The van der Waals surface area contributed by atoms with Crippen LogP contribution in [0.5, 0.6) is 5.75 Å². The fraction of sp³-hybridized carbons (Fsp3) is 0.167. The van der Waals surface area contributed by atoms with E-state index >= 15 is 0 Å². The number of H-pyrrole nitrogens is 1. The average Bonchev–Trinajstić information content (AvgIpc) is 2.94. The summed E-state index contributed by atoms with van der Waals surface area (Å²) in [5, 5.41) is 1.19. The number of hydrogen-bond acceptors (Lipinski definition) is 2. The molecule has 0 spiro atoms. The lowest BCUT2D eigenvalue weighted by Crippen LogP contribution is -2.37. The summed E-state index contributed by atoms with van der Waals surface area (Å²) in [5.74, 6) is -0.0191. The second-order valence-electron chi connectivity index (χ2n) is 5.77. The second kappa shape index (κ2) is 5.94. The molecule has 3 aromatic rings. The molecule has 1 amide bonds. The van der Waals surface area contributed by atoms with E-state index in [4.69, 9.17) is 4.74 Å². The van der Waals surface area contributed by atoms with Gasteiger partial charge in [-0.2, -0.15) is 0 Å². The molecular weight excluding hydrogens is 375 g/mol. The Hall–Kier alpha value is -2.34. The van der Waals surface area contributed by atoms with Crippen molar-refractivity contribution >= 4 is 32.9 Å². The summed E-state index contributed by atoms with van der Waals surface area (Å²) in [6.07, 6.45) is 0.344. The minimum Gasteiger partial charge on any atom is -0.410 e. The predicted octanol–water partition coefficient (Wildman–Crippen LogP) is 4.63. The Morgan fingerprint density at radius 3 is 2.79 bits per heavy atom. The van der Waals surface area contributed by atoms with Gasteiger partial charge in [0.25, 0.3) is 0 Å². The first-order valence-corrected chi connectivity index (χ1v) is 8.41. The van der Waals surface area contributed by atoms with Gasteiger partial charge in [0, 0.05) is 27.6 Å². The number of benzene rings is 2. The summed E-state index contributed by atoms with van der Waals surface area (Å²) in [4.78, 5) is 17.3. The fourth-order valence-corrected chi connectivity index (χ4v) is 3.40. The van der Waals surface area contributed by atoms with E-state index in [1.54, 1.807) is 4.90 Å². The van der Waals surface area contributed by atoms with Gasteiger partial charge in [0.1, 0.15) is 11.6 Å². The number of halogens is 2. The largest absolute Gasteiger partial charge is 0.415 e. The number of nitrogens with zero attached hydrogens (tertiary/aromatic N) is 1. The number of hydrogen-bond donors (Lipinski definition) is 1. The zero-order valence-electron chi connectivity index (χ0n) is 12.7. The van der Waals surface area contributed by atoms with Crippen molar-refractivity contribution in [1.29, 1.82) is 0 Å². The molecule has 24 heavy (non-hydrogen) atoms. The van der Waals surface area contributed by atoms with Gasteiger partial charge >= 0.3 is 6.09 Å². The molecule has 0 bridgehead atoms. The van der Waals surface area contributed by atoms with Gasteiger partial charge in [-0.1, -0.05) is 15.9 Å². The molecule has 0 atom stereocenters. The molecule has 0 saturated heterocycles. The van der Waals surface area contributed by atoms with Crippen LogP contribution in [-0.4, -0.2) is 22.5 Å². The third kappa shape index (κ3) is 2.78. The zero-order valence-corrected chi connectivity index (χ0v) is 14.3. The van der Waals surface area contributed by atoms with Crippen molar-refractivity contribution in [3.63, 3.8) is 0 Å². The summed E-state index contributed by atoms with van der Waals surface area (Å²) in [7, 11) is 0. The molecule has 0 saturated carbocycles. The van der Waals surface area contributed by atoms with Crippen molar-refractivity contribution in [2.75, 3.05) is 6.54 Å². The van der Waals surface area contributed by atoms with Crippen LogP contribution in [0.4, 0.5) is 9.18 Å². The number of rotatable bonds is 1. The molecule has 1 N–H and O–H groups in total. The molecule has 1 aliphatic rings. The van der Waals surface area contributed by atoms with Crippen LogP contribution in [0.2, 0.25) is 0 Å². The predicted molar refractivity (Wildman–Crippen MR) is 92.5 cm³/mol. The van der Waals surface area contributed by atoms with Crippen LogP contribution in [0.25, 0.3) is 10.9 Å². The Balaban J connectivity index is 1.54. The van der Waals surface area contributed by atoms with Gasteiger partial charge in [0.2, 0.25) is 0 Å². The van der Waals surface area contributed by atoms with Crippen molar-refractivity contribution in [3.8, 4) is 5.75 Å². The summed E-state index contributed by atoms with van der Waals surface area (Å²) < 4.78 is 19.3. The van der Waals surface area contributed by atoms with Crippen molar-refractivity contribution in [1.82, 2.24) is 9.88 Å². The standard InChI is InChI=1S/C18H14BrFN2O2/c19-11-1-6-16-15(9-11)14-7-8-22(10-17(14)21-16)18(23)24-13-4-2-12(20)3-5-13/h1-6,9,21H,7-8,10H2. The highest BCUT2D eigenvalue weighted by molar-refractivity contribution is 9.10. The van der Waals surface area contributed by atoms with E-state index in [-0.39, 0.29) is 5.82 Å². The maximum Gasteiger partial charge on any atom is 0.415 e. The molecule has 0 radical (unpaired) electrons. The van der Waals surface area contributed by atoms with Gasteiger partial charge in [0.05, 0.1) is 6.54 Å². The molecule has 1 aromatic heterocycles. The molecule has 1 aliphatic heterocycles. The fourth-order valence-electron chi connectivity index (χ4n) is 3.04. The Kier molecular flexibility index (Phi) is 3.76. The van der Waals surface area contributed by atoms with Crippen LogP contribution in [0.15, 0.2) is 46.9 Å². The first-order valence-electron chi connectivity index (χ1n) is 7.61. The van der Waals surface area contributed by atoms with Crippen LogP contribution in [-0.2, 0) is 13.0 Å². The molecule has 0 aliphatic carbocycles. The van der Waals surface area contributed by atoms with Crippen LogP contribution < -0.4 is 4.74 Å². The van der Waals surface area contributed by atoms with Crippen molar-refractivity contribution in [2.24, 2.45) is 0 Å². The number of aromatic nitrogens is 1. The maximum atomic E-state index is 12.9. The molecule has 0 fully saturated rings. The van der Waals surface area contributed by atoms with E-state index < -0.39 is 6.09 Å². The number of aromatic amines is 1. The SMILES string of the molecule is O=C(Oc1ccc(F)cc1)N1CCc2c([nH]c3ccc(Br)cc23)C1. The van der Waals surface area contributed by atoms with Crippen LogP contribution in [0, 0.1) is 5.82 Å². The van der Waals surface area contributed by atoms with Crippen molar-refractivity contribution < 1.29 is 13.9 Å².